The van der Waals surface area contributed by atoms with Crippen LogP contribution >= 0.6 is 0 Å². The van der Waals surface area contributed by atoms with E-state index in [2.05, 4.69) is 119 Å². The number of fused-ring (bicyclic) bond motifs is 3. The molecule has 0 aliphatic carbocycles. The average Bonchev–Trinajstić information content (AvgIpc) is 2.82. The Morgan fingerprint density at radius 2 is 0.875 bits per heavy atom. The Balaban J connectivity index is 0.000000884. The van der Waals surface area contributed by atoms with Gasteiger partial charge in [-0.05, 0) is 12.1 Å². The summed E-state index contributed by atoms with van der Waals surface area (Å²) in [7, 11) is 1.00. The zero-order valence-electron chi connectivity index (χ0n) is 17.9. The second-order valence-corrected chi connectivity index (χ2v) is 7.17. The summed E-state index contributed by atoms with van der Waals surface area (Å²) in [4.78, 5) is 0. The highest BCUT2D eigenvalue weighted by molar-refractivity contribution is 6.02. The summed E-state index contributed by atoms with van der Waals surface area (Å²) in [5.41, 5.74) is 5.15. The van der Waals surface area contributed by atoms with E-state index in [1.165, 1.54) is 32.9 Å². The number of nitrogens with zero attached hydrogens (tertiary/aromatic N) is 2. The largest absolute Gasteiger partial charge is 1.00 e. The molecule has 164 valence electrons. The van der Waals surface area contributed by atoms with Gasteiger partial charge in [-0.3, -0.25) is 0 Å². The molecule has 0 amide bonds. The molecule has 0 bridgehead atoms. The van der Waals surface area contributed by atoms with Crippen LogP contribution in [-0.2, 0) is 13.1 Å². The second-order valence-electron chi connectivity index (χ2n) is 7.17. The number of aliphatic hydroxyl groups is 1. The third kappa shape index (κ3) is 5.60. The van der Waals surface area contributed by atoms with Gasteiger partial charge in [0.05, 0.1) is 10.8 Å². The molecule has 5 aromatic rings. The smallest absolute Gasteiger partial charge is 0.213 e. The first kappa shape index (κ1) is 25.7. The molecule has 0 radical (unpaired) electrons. The van der Waals surface area contributed by atoms with Crippen molar-refractivity contribution in [3.05, 3.63) is 121 Å². The summed E-state index contributed by atoms with van der Waals surface area (Å²) < 4.78 is 4.66. The lowest BCUT2D eigenvalue weighted by molar-refractivity contribution is -0.664. The van der Waals surface area contributed by atoms with Gasteiger partial charge in [0, 0.05) is 42.5 Å². The maximum atomic E-state index is 7.00. The van der Waals surface area contributed by atoms with E-state index in [0.29, 0.717) is 0 Å². The van der Waals surface area contributed by atoms with Crippen molar-refractivity contribution in [1.82, 2.24) is 0 Å². The fourth-order valence-corrected chi connectivity index (χ4v) is 3.95. The van der Waals surface area contributed by atoms with Crippen molar-refractivity contribution in [3.8, 4) is 0 Å². The van der Waals surface area contributed by atoms with Crippen LogP contribution in [0.2, 0.25) is 0 Å². The van der Waals surface area contributed by atoms with Gasteiger partial charge >= 0.3 is 0 Å². The molecular weight excluding hydrogens is 528 g/mol. The molecule has 32 heavy (non-hydrogen) atoms. The molecule has 0 spiro atoms. The summed E-state index contributed by atoms with van der Waals surface area (Å²) in [6, 6.07) is 34.5. The van der Waals surface area contributed by atoms with Crippen LogP contribution in [0.25, 0.3) is 21.8 Å². The summed E-state index contributed by atoms with van der Waals surface area (Å²) in [5.74, 6) is 0. The predicted molar refractivity (Wildman–Crippen MR) is 121 cm³/mol. The first-order chi connectivity index (χ1) is 14.9. The minimum atomic E-state index is 0. The van der Waals surface area contributed by atoms with Gasteiger partial charge < -0.3 is 39.1 Å². The molecule has 3 nitrogen and oxygen atoms in total. The zero-order chi connectivity index (χ0) is 20.8. The maximum absolute atomic E-state index is 7.00. The van der Waals surface area contributed by atoms with Crippen LogP contribution in [-0.4, -0.2) is 12.2 Å². The maximum Gasteiger partial charge on any atom is 0.213 e. The number of aromatic nitrogens is 2. The summed E-state index contributed by atoms with van der Waals surface area (Å²) >= 11 is 0. The number of hydrogen-bond donors (Lipinski definition) is 1. The molecule has 5 heteroatoms. The van der Waals surface area contributed by atoms with Crippen LogP contribution in [0.5, 0.6) is 0 Å². The van der Waals surface area contributed by atoms with Crippen LogP contribution in [0.1, 0.15) is 11.1 Å². The lowest BCUT2D eigenvalue weighted by Gasteiger charge is -2.06. The van der Waals surface area contributed by atoms with Crippen molar-refractivity contribution < 1.29 is 48.2 Å². The molecule has 0 aliphatic heterocycles. The highest BCUT2D eigenvalue weighted by Gasteiger charge is 2.16. The quantitative estimate of drug-likeness (QED) is 0.208. The third-order valence-electron chi connectivity index (χ3n) is 5.31. The number of halogens is 2. The number of aliphatic hydroxyl groups excluding tert-OH is 1. The van der Waals surface area contributed by atoms with Crippen molar-refractivity contribution in [2.24, 2.45) is 0 Å². The molecule has 1 N–H and O–H groups in total. The van der Waals surface area contributed by atoms with E-state index in [1.54, 1.807) is 0 Å². The van der Waals surface area contributed by atoms with E-state index in [-0.39, 0.29) is 34.0 Å². The van der Waals surface area contributed by atoms with Crippen molar-refractivity contribution in [3.63, 3.8) is 0 Å². The molecule has 2 aromatic heterocycles. The SMILES string of the molecule is CO.[Br-].[Br-].c1ccc(C[n+]2cccc3c4ccc[n+](Cc5ccccc5)c4ccc32)cc1. The molecule has 0 atom stereocenters. The van der Waals surface area contributed by atoms with Crippen molar-refractivity contribution >= 4 is 21.8 Å². The Kier molecular flexibility index (Phi) is 9.97. The lowest BCUT2D eigenvalue weighted by Crippen LogP contribution is -3.00. The number of hydrogen-bond acceptors (Lipinski definition) is 1. The van der Waals surface area contributed by atoms with Crippen LogP contribution < -0.4 is 43.1 Å². The van der Waals surface area contributed by atoms with Crippen LogP contribution in [0.3, 0.4) is 0 Å². The zero-order valence-corrected chi connectivity index (χ0v) is 21.1. The molecule has 0 saturated carbocycles. The Labute approximate surface area is 210 Å². The summed E-state index contributed by atoms with van der Waals surface area (Å²) in [6.07, 6.45) is 4.34. The van der Waals surface area contributed by atoms with Gasteiger partial charge in [-0.15, -0.1) is 0 Å². The molecule has 0 saturated heterocycles. The van der Waals surface area contributed by atoms with Gasteiger partial charge in [-0.2, -0.15) is 9.13 Å². The van der Waals surface area contributed by atoms with Crippen LogP contribution in [0, 0.1) is 0 Å². The minimum Gasteiger partial charge on any atom is -1.00 e. The predicted octanol–water partition coefficient (Wildman–Crippen LogP) is -1.72. The Hall–Kier alpha value is -2.60. The lowest BCUT2D eigenvalue weighted by atomic mass is 10.1. The third-order valence-corrected chi connectivity index (χ3v) is 5.31. The molecule has 5 rings (SSSR count). The standard InChI is InChI=1S/C26H22N2.CH4O.2BrH/c1-3-9-21(10-4-1)19-27-17-7-13-23-24-14-8-18-28(26(24)16-15-25(23)27)20-22-11-5-2-6-12-22;1-2;;/h1-18H,19-20H2;2H,1H3;2*1H/q+2;;;/p-2. The van der Waals surface area contributed by atoms with E-state index in [1.807, 2.05) is 0 Å². The van der Waals surface area contributed by atoms with Gasteiger partial charge in [-0.25, -0.2) is 0 Å². The molecule has 2 heterocycles. The molecule has 0 unspecified atom stereocenters. The normalized spacial score (nSPS) is 9.94. The van der Waals surface area contributed by atoms with E-state index in [4.69, 9.17) is 5.11 Å². The number of rotatable bonds is 4. The molecular formula is C27H26Br2N2O. The van der Waals surface area contributed by atoms with Gasteiger partial charge in [0.2, 0.25) is 11.0 Å². The Morgan fingerprint density at radius 1 is 0.500 bits per heavy atom. The number of benzene rings is 3. The minimum absolute atomic E-state index is 0. The Morgan fingerprint density at radius 3 is 1.25 bits per heavy atom. The van der Waals surface area contributed by atoms with Crippen molar-refractivity contribution in [2.75, 3.05) is 7.11 Å². The fraction of sp³-hybridized carbons (Fsp3) is 0.111. The summed E-state index contributed by atoms with van der Waals surface area (Å²) in [6.45, 7) is 1.75. The van der Waals surface area contributed by atoms with Crippen LogP contribution in [0.15, 0.2) is 109 Å². The molecule has 0 fully saturated rings. The second kappa shape index (κ2) is 12.4. The van der Waals surface area contributed by atoms with Gasteiger partial charge in [0.25, 0.3) is 0 Å². The van der Waals surface area contributed by atoms with Gasteiger partial charge in [0.15, 0.2) is 25.5 Å². The molecule has 3 aromatic carbocycles. The van der Waals surface area contributed by atoms with E-state index >= 15 is 0 Å². The van der Waals surface area contributed by atoms with Crippen LogP contribution in [0.4, 0.5) is 0 Å². The van der Waals surface area contributed by atoms with E-state index in [9.17, 15) is 0 Å². The molecule has 0 aliphatic rings. The average molecular weight is 554 g/mol. The van der Waals surface area contributed by atoms with Gasteiger partial charge in [0.1, 0.15) is 0 Å². The highest BCUT2D eigenvalue weighted by atomic mass is 79.9. The fourth-order valence-electron chi connectivity index (χ4n) is 3.95. The summed E-state index contributed by atoms with van der Waals surface area (Å²) in [5, 5.41) is 9.58. The van der Waals surface area contributed by atoms with E-state index < -0.39 is 0 Å². The van der Waals surface area contributed by atoms with Crippen molar-refractivity contribution in [1.29, 1.82) is 0 Å². The van der Waals surface area contributed by atoms with Gasteiger partial charge in [-0.1, -0.05) is 60.7 Å². The van der Waals surface area contributed by atoms with E-state index in [0.717, 1.165) is 20.2 Å². The van der Waals surface area contributed by atoms with Crippen molar-refractivity contribution in [2.45, 2.75) is 13.1 Å². The topological polar surface area (TPSA) is 28.0 Å². The first-order valence-electron chi connectivity index (χ1n) is 10.1. The highest BCUT2D eigenvalue weighted by Crippen LogP contribution is 2.21. The first-order valence-corrected chi connectivity index (χ1v) is 10.1. The number of pyridine rings is 2. The monoisotopic (exact) mass is 552 g/mol. The Bertz CT molecular complexity index is 1160.